The van der Waals surface area contributed by atoms with Crippen molar-refractivity contribution in [3.05, 3.63) is 72.9 Å². The van der Waals surface area contributed by atoms with E-state index >= 15 is 0 Å². The molecular formula is C68H121NO10. The van der Waals surface area contributed by atoms with Crippen LogP contribution in [0.15, 0.2) is 72.9 Å². The second-order valence-corrected chi connectivity index (χ2v) is 22.5. The van der Waals surface area contributed by atoms with Crippen LogP contribution in [0.2, 0.25) is 0 Å². The molecule has 0 spiro atoms. The van der Waals surface area contributed by atoms with Gasteiger partial charge < -0.3 is 45.1 Å². The van der Waals surface area contributed by atoms with Gasteiger partial charge in [-0.1, -0.05) is 254 Å². The van der Waals surface area contributed by atoms with Gasteiger partial charge in [-0.3, -0.25) is 9.59 Å². The molecule has 79 heavy (non-hydrogen) atoms. The maximum Gasteiger partial charge on any atom is 0.306 e. The van der Waals surface area contributed by atoms with Gasteiger partial charge in [0.1, 0.15) is 24.4 Å². The molecule has 11 nitrogen and oxygen atoms in total. The SMILES string of the molecule is CCCCC/C=C\C/C=C\C/C=C\CCCCCC(O)C(=O)NC(COC1OC(CO)C(O)C(O)C1OC(=O)CCCCCCCCCCCCCCC/C=C\C/C=C\CCCCC)C(O)/C=C/CCCCCCCCCCC. The van der Waals surface area contributed by atoms with Crippen LogP contribution in [0, 0.1) is 0 Å². The monoisotopic (exact) mass is 1110 g/mol. The van der Waals surface area contributed by atoms with Gasteiger partial charge in [-0.15, -0.1) is 0 Å². The highest BCUT2D eigenvalue weighted by Crippen LogP contribution is 2.26. The maximum atomic E-state index is 13.4. The molecule has 8 atom stereocenters. The molecule has 0 saturated carbocycles. The Labute approximate surface area is 483 Å². The molecular weight excluding hydrogens is 991 g/mol. The Bertz CT molecular complexity index is 1560. The van der Waals surface area contributed by atoms with E-state index in [9.17, 15) is 35.1 Å². The summed E-state index contributed by atoms with van der Waals surface area (Å²) >= 11 is 0. The van der Waals surface area contributed by atoms with Crippen LogP contribution in [-0.4, -0.2) is 99.6 Å². The number of amides is 1. The number of unbranched alkanes of at least 4 members (excludes halogenated alkanes) is 31. The number of hydrogen-bond donors (Lipinski definition) is 6. The van der Waals surface area contributed by atoms with E-state index in [1.54, 1.807) is 6.08 Å². The van der Waals surface area contributed by atoms with E-state index in [0.29, 0.717) is 12.8 Å². The first-order chi connectivity index (χ1) is 38.7. The van der Waals surface area contributed by atoms with E-state index < -0.39 is 67.4 Å². The third kappa shape index (κ3) is 43.5. The van der Waals surface area contributed by atoms with Crippen LogP contribution in [0.3, 0.4) is 0 Å². The number of nitrogens with one attached hydrogen (secondary N) is 1. The molecule has 1 fully saturated rings. The number of esters is 1. The van der Waals surface area contributed by atoms with Crippen LogP contribution < -0.4 is 5.32 Å². The van der Waals surface area contributed by atoms with Gasteiger partial charge in [-0.05, 0) is 96.3 Å². The fourth-order valence-corrected chi connectivity index (χ4v) is 9.86. The molecule has 0 radical (unpaired) electrons. The van der Waals surface area contributed by atoms with Crippen LogP contribution in [0.4, 0.5) is 0 Å². The summed E-state index contributed by atoms with van der Waals surface area (Å²) in [6.45, 7) is 5.73. The van der Waals surface area contributed by atoms with Crippen LogP contribution in [-0.2, 0) is 23.8 Å². The van der Waals surface area contributed by atoms with Crippen molar-refractivity contribution in [3.63, 3.8) is 0 Å². The van der Waals surface area contributed by atoms with E-state index in [4.69, 9.17) is 14.2 Å². The Morgan fingerprint density at radius 2 is 0.873 bits per heavy atom. The second kappa shape index (κ2) is 55.6. The number of carbonyl (C=O) groups excluding carboxylic acids is 2. The average Bonchev–Trinajstić information content (AvgIpc) is 3.45. The molecule has 0 aliphatic carbocycles. The summed E-state index contributed by atoms with van der Waals surface area (Å²) in [5, 5.41) is 57.0. The van der Waals surface area contributed by atoms with Crippen molar-refractivity contribution >= 4 is 11.9 Å². The van der Waals surface area contributed by atoms with Crippen LogP contribution in [0.5, 0.6) is 0 Å². The van der Waals surface area contributed by atoms with E-state index in [1.807, 2.05) is 6.08 Å². The zero-order chi connectivity index (χ0) is 57.5. The lowest BCUT2D eigenvalue weighted by atomic mass is 9.99. The number of allylic oxidation sites excluding steroid dienone is 11. The van der Waals surface area contributed by atoms with Gasteiger partial charge in [0.05, 0.1) is 25.4 Å². The van der Waals surface area contributed by atoms with Crippen LogP contribution in [0.1, 0.15) is 284 Å². The Morgan fingerprint density at radius 1 is 0.494 bits per heavy atom. The Kier molecular flexibility index (Phi) is 52.2. The summed E-state index contributed by atoms with van der Waals surface area (Å²) in [7, 11) is 0. The molecule has 458 valence electrons. The Balaban J connectivity index is 2.61. The van der Waals surface area contributed by atoms with Crippen LogP contribution in [0.25, 0.3) is 0 Å². The smallest absolute Gasteiger partial charge is 0.306 e. The number of aliphatic hydroxyl groups excluding tert-OH is 5. The molecule has 0 aromatic heterocycles. The summed E-state index contributed by atoms with van der Waals surface area (Å²) in [6, 6.07) is -1.04. The zero-order valence-electron chi connectivity index (χ0n) is 50.7. The van der Waals surface area contributed by atoms with E-state index in [-0.39, 0.29) is 19.4 Å². The second-order valence-electron chi connectivity index (χ2n) is 22.5. The van der Waals surface area contributed by atoms with Gasteiger partial charge in [0, 0.05) is 6.42 Å². The van der Waals surface area contributed by atoms with Gasteiger partial charge in [0.25, 0.3) is 0 Å². The van der Waals surface area contributed by atoms with Crippen molar-refractivity contribution in [3.8, 4) is 0 Å². The minimum absolute atomic E-state index is 0.118. The zero-order valence-corrected chi connectivity index (χ0v) is 50.7. The maximum absolute atomic E-state index is 13.4. The van der Waals surface area contributed by atoms with Gasteiger partial charge >= 0.3 is 5.97 Å². The fourth-order valence-electron chi connectivity index (χ4n) is 9.86. The molecule has 11 heteroatoms. The Hall–Kier alpha value is -2.90. The molecule has 0 aromatic rings. The summed E-state index contributed by atoms with van der Waals surface area (Å²) in [4.78, 5) is 26.6. The number of ether oxygens (including phenoxy) is 3. The first-order valence-corrected chi connectivity index (χ1v) is 32.7. The predicted octanol–water partition coefficient (Wildman–Crippen LogP) is 16.0. The van der Waals surface area contributed by atoms with Gasteiger partial charge in [0.15, 0.2) is 12.4 Å². The quantitative estimate of drug-likeness (QED) is 0.0195. The van der Waals surface area contributed by atoms with Gasteiger partial charge in [0.2, 0.25) is 5.91 Å². The highest BCUT2D eigenvalue weighted by molar-refractivity contribution is 5.80. The summed E-state index contributed by atoms with van der Waals surface area (Å²) in [5.74, 6) is -1.22. The summed E-state index contributed by atoms with van der Waals surface area (Å²) in [5.41, 5.74) is 0. The van der Waals surface area contributed by atoms with Crippen molar-refractivity contribution in [2.75, 3.05) is 13.2 Å². The largest absolute Gasteiger partial charge is 0.454 e. The van der Waals surface area contributed by atoms with E-state index in [0.717, 1.165) is 83.5 Å². The van der Waals surface area contributed by atoms with E-state index in [1.165, 1.54) is 154 Å². The minimum Gasteiger partial charge on any atom is -0.454 e. The molecule has 1 aliphatic rings. The number of hydrogen-bond acceptors (Lipinski definition) is 10. The standard InChI is InChI=1S/C68H121NO10/c1-4-7-10-13-16-19-22-24-26-28-29-30-31-32-33-34-36-38-41-44-47-50-53-56-63(73)79-66-65(75)64(74)62(57-70)78-68(66)77-58-59(60(71)54-51-48-45-42-39-21-18-15-12-9-6-3)69-67(76)61(72)55-52-49-46-43-40-37-35-27-25-23-20-17-14-11-8-5-2/h16-17,19-20,24-27,37,40,51,54,59-62,64-66,68,70-72,74-75H,4-15,18,21-23,28-36,38-39,41-50,52-53,55-58H2,1-3H3,(H,69,76)/b19-16-,20-17-,26-24-,27-25-,40-37-,54-51+. The molecule has 6 N–H and O–H groups in total. The topological polar surface area (TPSA) is 175 Å². The van der Waals surface area contributed by atoms with Crippen molar-refractivity contribution in [2.24, 2.45) is 0 Å². The van der Waals surface area contributed by atoms with Crippen molar-refractivity contribution in [1.29, 1.82) is 0 Å². The normalized spacial score (nSPS) is 19.3. The number of rotatable bonds is 55. The molecule has 1 rings (SSSR count). The summed E-state index contributed by atoms with van der Waals surface area (Å²) < 4.78 is 17.6. The lowest BCUT2D eigenvalue weighted by molar-refractivity contribution is -0.305. The van der Waals surface area contributed by atoms with Crippen molar-refractivity contribution in [2.45, 2.75) is 333 Å². The first kappa shape index (κ1) is 74.1. The van der Waals surface area contributed by atoms with Crippen molar-refractivity contribution in [1.82, 2.24) is 5.32 Å². The highest BCUT2D eigenvalue weighted by Gasteiger charge is 2.47. The van der Waals surface area contributed by atoms with E-state index in [2.05, 4.69) is 86.8 Å². The molecule has 1 amide bonds. The molecule has 8 unspecified atom stereocenters. The average molecular weight is 1110 g/mol. The lowest BCUT2D eigenvalue weighted by Crippen LogP contribution is -2.61. The predicted molar refractivity (Wildman–Crippen MR) is 329 cm³/mol. The molecule has 1 saturated heterocycles. The number of carbonyl (C=O) groups is 2. The molecule has 0 aromatic carbocycles. The minimum atomic E-state index is -1.62. The molecule has 1 heterocycles. The third-order valence-corrected chi connectivity index (χ3v) is 15.1. The molecule has 1 aliphatic heterocycles. The van der Waals surface area contributed by atoms with Gasteiger partial charge in [-0.2, -0.15) is 0 Å². The number of aliphatic hydroxyl groups is 5. The third-order valence-electron chi connectivity index (χ3n) is 15.1. The molecule has 0 bridgehead atoms. The fraction of sp³-hybridized carbons (Fsp3) is 0.794. The lowest BCUT2D eigenvalue weighted by Gasteiger charge is -2.41. The van der Waals surface area contributed by atoms with Gasteiger partial charge in [-0.25, -0.2) is 0 Å². The summed E-state index contributed by atoms with van der Waals surface area (Å²) in [6.07, 6.45) is 60.8. The van der Waals surface area contributed by atoms with Crippen molar-refractivity contribution < 1.29 is 49.3 Å². The Morgan fingerprint density at radius 3 is 1.33 bits per heavy atom. The van der Waals surface area contributed by atoms with Crippen LogP contribution >= 0.6 is 0 Å². The highest BCUT2D eigenvalue weighted by atomic mass is 16.7. The first-order valence-electron chi connectivity index (χ1n) is 32.7.